The van der Waals surface area contributed by atoms with Crippen LogP contribution in [0.5, 0.6) is 17.2 Å². The Morgan fingerprint density at radius 3 is 2.76 bits per heavy atom. The van der Waals surface area contributed by atoms with Gasteiger partial charge in [-0.2, -0.15) is 0 Å². The number of para-hydroxylation sites is 1. The second-order valence-electron chi connectivity index (χ2n) is 6.49. The lowest BCUT2D eigenvalue weighted by molar-refractivity contribution is 0.102. The Kier molecular flexibility index (Phi) is 5.71. The number of ether oxygens (including phenoxy) is 3. The van der Waals surface area contributed by atoms with Crippen molar-refractivity contribution in [2.24, 2.45) is 7.05 Å². The lowest BCUT2D eigenvalue weighted by Gasteiger charge is -2.09. The second kappa shape index (κ2) is 8.57. The Morgan fingerprint density at radius 2 is 1.93 bits per heavy atom. The molecule has 29 heavy (non-hydrogen) atoms. The van der Waals surface area contributed by atoms with E-state index >= 15 is 0 Å². The van der Waals surface area contributed by atoms with E-state index in [0.717, 1.165) is 17.7 Å². The number of benzene rings is 2. The number of Topliss-reactive ketones (excluding diaryl/α,β-unsaturated/α-hetero) is 1. The van der Waals surface area contributed by atoms with Gasteiger partial charge in [-0.15, -0.1) is 10.2 Å². The highest BCUT2D eigenvalue weighted by atomic mass is 32.2. The highest BCUT2D eigenvalue weighted by Crippen LogP contribution is 2.32. The van der Waals surface area contributed by atoms with Crippen LogP contribution in [0.3, 0.4) is 0 Å². The minimum atomic E-state index is -0.00695. The van der Waals surface area contributed by atoms with Crippen molar-refractivity contribution in [3.8, 4) is 28.6 Å². The summed E-state index contributed by atoms with van der Waals surface area (Å²) in [7, 11) is 3.50. The molecule has 0 N–H and O–H groups in total. The van der Waals surface area contributed by atoms with Crippen LogP contribution in [0.2, 0.25) is 0 Å². The summed E-state index contributed by atoms with van der Waals surface area (Å²) in [6.07, 6.45) is 0.828. The van der Waals surface area contributed by atoms with Crippen molar-refractivity contribution in [3.63, 3.8) is 0 Å². The fourth-order valence-corrected chi connectivity index (χ4v) is 3.86. The molecule has 0 saturated carbocycles. The van der Waals surface area contributed by atoms with Gasteiger partial charge in [-0.25, -0.2) is 0 Å². The Labute approximate surface area is 173 Å². The number of nitrogens with zero attached hydrogens (tertiary/aromatic N) is 3. The minimum Gasteiger partial charge on any atom is -0.496 e. The number of rotatable bonds is 6. The summed E-state index contributed by atoms with van der Waals surface area (Å²) >= 11 is 1.35. The van der Waals surface area contributed by atoms with Crippen LogP contribution in [0, 0.1) is 0 Å². The van der Waals surface area contributed by atoms with E-state index < -0.39 is 0 Å². The van der Waals surface area contributed by atoms with E-state index in [4.69, 9.17) is 14.2 Å². The van der Waals surface area contributed by atoms with E-state index in [9.17, 15) is 4.79 Å². The molecule has 0 amide bonds. The van der Waals surface area contributed by atoms with Gasteiger partial charge in [0.1, 0.15) is 5.75 Å². The molecule has 4 rings (SSSR count). The fraction of sp³-hybridized carbons (Fsp3) is 0.286. The molecule has 0 saturated heterocycles. The number of carbonyl (C=O) groups is 1. The van der Waals surface area contributed by atoms with Gasteiger partial charge in [0.15, 0.2) is 28.3 Å². The quantitative estimate of drug-likeness (QED) is 0.453. The van der Waals surface area contributed by atoms with Crippen LogP contribution in [0.15, 0.2) is 47.6 Å². The van der Waals surface area contributed by atoms with Gasteiger partial charge < -0.3 is 18.8 Å². The Balaban J connectivity index is 1.48. The summed E-state index contributed by atoms with van der Waals surface area (Å²) in [5.74, 6) is 2.96. The second-order valence-corrected chi connectivity index (χ2v) is 7.43. The maximum Gasteiger partial charge on any atom is 0.191 e. The number of hydrogen-bond donors (Lipinski definition) is 0. The van der Waals surface area contributed by atoms with Gasteiger partial charge in [-0.05, 0) is 30.3 Å². The molecule has 0 aliphatic carbocycles. The van der Waals surface area contributed by atoms with Crippen LogP contribution in [0.4, 0.5) is 0 Å². The first-order chi connectivity index (χ1) is 14.2. The minimum absolute atomic E-state index is 0.00695. The number of ketones is 1. The third kappa shape index (κ3) is 4.07. The first-order valence-electron chi connectivity index (χ1n) is 9.26. The Bertz CT molecular complexity index is 1030. The van der Waals surface area contributed by atoms with Gasteiger partial charge >= 0.3 is 0 Å². The molecule has 0 spiro atoms. The van der Waals surface area contributed by atoms with Gasteiger partial charge in [0.25, 0.3) is 0 Å². The molecule has 0 unspecified atom stereocenters. The van der Waals surface area contributed by atoms with Crippen LogP contribution in [-0.2, 0) is 7.05 Å². The Morgan fingerprint density at radius 1 is 1.14 bits per heavy atom. The fourth-order valence-electron chi connectivity index (χ4n) is 3.05. The number of aromatic nitrogens is 3. The first-order valence-corrected chi connectivity index (χ1v) is 10.2. The standard InChI is InChI=1S/C21H21N3O4S/c1-24-20(15-6-3-4-7-17(15)26-2)22-23-21(24)29-13-16(25)14-8-9-18-19(12-14)28-11-5-10-27-18/h3-4,6-9,12H,5,10-11,13H2,1-2H3. The summed E-state index contributed by atoms with van der Waals surface area (Å²) in [6, 6.07) is 13.0. The zero-order valence-corrected chi connectivity index (χ0v) is 17.1. The third-order valence-corrected chi connectivity index (χ3v) is 5.60. The average molecular weight is 411 g/mol. The number of carbonyl (C=O) groups excluding carboxylic acids is 1. The van der Waals surface area contributed by atoms with Crippen LogP contribution >= 0.6 is 11.8 Å². The summed E-state index contributed by atoms with van der Waals surface area (Å²) in [6.45, 7) is 1.21. The average Bonchev–Trinajstić information content (AvgIpc) is 2.96. The number of methoxy groups -OCH3 is 1. The lowest BCUT2D eigenvalue weighted by atomic mass is 10.1. The predicted octanol–water partition coefficient (Wildman–Crippen LogP) is 3.63. The summed E-state index contributed by atoms with van der Waals surface area (Å²) in [4.78, 5) is 12.7. The van der Waals surface area contributed by atoms with Crippen molar-refractivity contribution in [2.75, 3.05) is 26.1 Å². The van der Waals surface area contributed by atoms with E-state index in [2.05, 4.69) is 10.2 Å². The highest BCUT2D eigenvalue weighted by Gasteiger charge is 2.18. The SMILES string of the molecule is COc1ccccc1-c1nnc(SCC(=O)c2ccc3c(c2)OCCCO3)n1C. The molecule has 8 heteroatoms. The van der Waals surface area contributed by atoms with Gasteiger partial charge in [0, 0.05) is 19.0 Å². The highest BCUT2D eigenvalue weighted by molar-refractivity contribution is 7.99. The van der Waals surface area contributed by atoms with E-state index in [1.54, 1.807) is 25.3 Å². The molecule has 2 aromatic carbocycles. The molecule has 1 aliphatic rings. The maximum atomic E-state index is 12.7. The zero-order valence-electron chi connectivity index (χ0n) is 16.3. The van der Waals surface area contributed by atoms with Crippen molar-refractivity contribution in [1.29, 1.82) is 0 Å². The van der Waals surface area contributed by atoms with E-state index in [1.807, 2.05) is 35.9 Å². The van der Waals surface area contributed by atoms with Crippen molar-refractivity contribution in [2.45, 2.75) is 11.6 Å². The molecular formula is C21H21N3O4S. The van der Waals surface area contributed by atoms with Gasteiger partial charge in [0.2, 0.25) is 0 Å². The van der Waals surface area contributed by atoms with Crippen molar-refractivity contribution in [3.05, 3.63) is 48.0 Å². The number of fused-ring (bicyclic) bond motifs is 1. The summed E-state index contributed by atoms with van der Waals surface area (Å²) in [5, 5.41) is 9.18. The topological polar surface area (TPSA) is 75.5 Å². The van der Waals surface area contributed by atoms with Crippen LogP contribution in [0.1, 0.15) is 16.8 Å². The zero-order chi connectivity index (χ0) is 20.2. The molecule has 0 radical (unpaired) electrons. The maximum absolute atomic E-state index is 12.7. The van der Waals surface area contributed by atoms with E-state index in [1.165, 1.54) is 11.8 Å². The van der Waals surface area contributed by atoms with Crippen LogP contribution in [0.25, 0.3) is 11.4 Å². The third-order valence-electron chi connectivity index (χ3n) is 4.58. The smallest absolute Gasteiger partial charge is 0.191 e. The van der Waals surface area contributed by atoms with Gasteiger partial charge in [-0.1, -0.05) is 23.9 Å². The van der Waals surface area contributed by atoms with Crippen molar-refractivity contribution in [1.82, 2.24) is 14.8 Å². The molecule has 0 bridgehead atoms. The molecule has 2 heterocycles. The molecule has 7 nitrogen and oxygen atoms in total. The number of thioether (sulfide) groups is 1. The summed E-state index contributed by atoms with van der Waals surface area (Å²) in [5.41, 5.74) is 1.44. The molecule has 0 atom stereocenters. The van der Waals surface area contributed by atoms with E-state index in [-0.39, 0.29) is 11.5 Å². The first kappa shape index (κ1) is 19.3. The lowest BCUT2D eigenvalue weighted by Crippen LogP contribution is -2.05. The molecule has 3 aromatic rings. The monoisotopic (exact) mass is 411 g/mol. The molecule has 150 valence electrons. The predicted molar refractivity (Wildman–Crippen MR) is 110 cm³/mol. The normalized spacial score (nSPS) is 13.0. The molecule has 1 aliphatic heterocycles. The van der Waals surface area contributed by atoms with Gasteiger partial charge in [-0.3, -0.25) is 4.79 Å². The molecule has 1 aromatic heterocycles. The van der Waals surface area contributed by atoms with Crippen molar-refractivity contribution < 1.29 is 19.0 Å². The van der Waals surface area contributed by atoms with Gasteiger partial charge in [0.05, 0.1) is 31.6 Å². The van der Waals surface area contributed by atoms with E-state index in [0.29, 0.717) is 41.3 Å². The number of hydrogen-bond acceptors (Lipinski definition) is 7. The van der Waals surface area contributed by atoms with Crippen LogP contribution < -0.4 is 14.2 Å². The van der Waals surface area contributed by atoms with Crippen LogP contribution in [-0.4, -0.2) is 46.6 Å². The van der Waals surface area contributed by atoms with Crippen molar-refractivity contribution >= 4 is 17.5 Å². The largest absolute Gasteiger partial charge is 0.496 e. The summed E-state index contributed by atoms with van der Waals surface area (Å²) < 4.78 is 18.6. The Hall–Kier alpha value is -3.00. The molecular weight excluding hydrogens is 390 g/mol. The molecule has 0 fully saturated rings.